The van der Waals surface area contributed by atoms with E-state index in [0.717, 1.165) is 18.7 Å². The van der Waals surface area contributed by atoms with E-state index in [1.807, 2.05) is 0 Å². The van der Waals surface area contributed by atoms with Crippen molar-refractivity contribution in [2.45, 2.75) is 45.8 Å². The van der Waals surface area contributed by atoms with Crippen LogP contribution in [0.25, 0.3) is 0 Å². The number of benzene rings is 1. The maximum Gasteiger partial charge on any atom is 0.125 e. The van der Waals surface area contributed by atoms with E-state index in [1.165, 1.54) is 11.1 Å². The summed E-state index contributed by atoms with van der Waals surface area (Å²) in [5.74, 6) is 1.04. The van der Waals surface area contributed by atoms with Gasteiger partial charge in [0.15, 0.2) is 0 Å². The lowest BCUT2D eigenvalue weighted by Gasteiger charge is -2.38. The van der Waals surface area contributed by atoms with Gasteiger partial charge >= 0.3 is 0 Å². The molecule has 1 aromatic carbocycles. The average Bonchev–Trinajstić information content (AvgIpc) is 2.15. The Kier molecular flexibility index (Phi) is 2.94. The molecule has 1 atom stereocenters. The van der Waals surface area contributed by atoms with Crippen LogP contribution in [0.15, 0.2) is 18.2 Å². The van der Waals surface area contributed by atoms with Gasteiger partial charge in [0.05, 0.1) is 0 Å². The second-order valence-electron chi connectivity index (χ2n) is 5.22. The summed E-state index contributed by atoms with van der Waals surface area (Å²) in [4.78, 5) is 0. The molecule has 1 aliphatic rings. The zero-order chi connectivity index (χ0) is 11.8. The number of aryl methyl sites for hydroxylation is 1. The molecule has 0 radical (unpaired) electrons. The first-order valence-electron chi connectivity index (χ1n) is 6.05. The first-order chi connectivity index (χ1) is 7.52. The molecule has 88 valence electrons. The number of nitrogens with one attached hydrogen (secondary N) is 1. The molecule has 16 heavy (non-hydrogen) atoms. The Morgan fingerprint density at radius 3 is 2.88 bits per heavy atom. The van der Waals surface area contributed by atoms with Gasteiger partial charge in [-0.25, -0.2) is 0 Å². The molecule has 0 aliphatic carbocycles. The maximum atomic E-state index is 6.04. The van der Waals surface area contributed by atoms with Gasteiger partial charge in [-0.05, 0) is 38.9 Å². The third kappa shape index (κ3) is 2.22. The molecular weight excluding hydrogens is 198 g/mol. The van der Waals surface area contributed by atoms with Crippen LogP contribution in [-0.4, -0.2) is 12.1 Å². The van der Waals surface area contributed by atoms with E-state index in [4.69, 9.17) is 4.74 Å². The summed E-state index contributed by atoms with van der Waals surface area (Å²) in [6, 6.07) is 6.91. The Morgan fingerprint density at radius 1 is 1.44 bits per heavy atom. The van der Waals surface area contributed by atoms with E-state index in [2.05, 4.69) is 51.2 Å². The molecule has 2 nitrogen and oxygen atoms in total. The van der Waals surface area contributed by atoms with Crippen LogP contribution in [-0.2, 0) is 0 Å². The van der Waals surface area contributed by atoms with Crippen LogP contribution in [0, 0.1) is 6.92 Å². The van der Waals surface area contributed by atoms with Gasteiger partial charge in [-0.3, -0.25) is 0 Å². The largest absolute Gasteiger partial charge is 0.487 e. The van der Waals surface area contributed by atoms with E-state index < -0.39 is 0 Å². The third-order valence-electron chi connectivity index (χ3n) is 3.08. The van der Waals surface area contributed by atoms with E-state index in [-0.39, 0.29) is 5.60 Å². The molecule has 0 amide bonds. The van der Waals surface area contributed by atoms with Gasteiger partial charge in [-0.1, -0.05) is 19.1 Å². The van der Waals surface area contributed by atoms with Crippen molar-refractivity contribution < 1.29 is 4.74 Å². The minimum atomic E-state index is -0.0758. The van der Waals surface area contributed by atoms with Crippen molar-refractivity contribution in [1.82, 2.24) is 5.32 Å². The summed E-state index contributed by atoms with van der Waals surface area (Å²) in [5, 5.41) is 3.54. The lowest BCUT2D eigenvalue weighted by Crippen LogP contribution is -2.39. The van der Waals surface area contributed by atoms with Crippen LogP contribution in [0.5, 0.6) is 5.75 Å². The quantitative estimate of drug-likeness (QED) is 0.824. The Labute approximate surface area is 98.0 Å². The standard InChI is InChI=1S/C14H21NO/c1-5-15-12-9-14(3,4)16-13-8-10(2)6-7-11(12)13/h6-8,12,15H,5,9H2,1-4H3. The molecule has 1 unspecified atom stereocenters. The van der Waals surface area contributed by atoms with Gasteiger partial charge < -0.3 is 10.1 Å². The van der Waals surface area contributed by atoms with E-state index in [1.54, 1.807) is 0 Å². The van der Waals surface area contributed by atoms with Crippen LogP contribution in [0.3, 0.4) is 0 Å². The number of fused-ring (bicyclic) bond motifs is 1. The molecule has 0 bridgehead atoms. The van der Waals surface area contributed by atoms with Crippen molar-refractivity contribution in [2.24, 2.45) is 0 Å². The van der Waals surface area contributed by atoms with Gasteiger partial charge in [0.25, 0.3) is 0 Å². The highest BCUT2D eigenvalue weighted by molar-refractivity contribution is 5.41. The lowest BCUT2D eigenvalue weighted by atomic mass is 9.89. The SMILES string of the molecule is CCNC1CC(C)(C)Oc2cc(C)ccc21. The maximum absolute atomic E-state index is 6.04. The van der Waals surface area contributed by atoms with Crippen LogP contribution >= 0.6 is 0 Å². The Hall–Kier alpha value is -1.02. The second-order valence-corrected chi connectivity index (χ2v) is 5.22. The Balaban J connectivity index is 2.38. The lowest BCUT2D eigenvalue weighted by molar-refractivity contribution is 0.0664. The van der Waals surface area contributed by atoms with E-state index >= 15 is 0 Å². The summed E-state index contributed by atoms with van der Waals surface area (Å²) in [5.41, 5.74) is 2.48. The fourth-order valence-corrected chi connectivity index (χ4v) is 2.39. The predicted octanol–water partition coefficient (Wildman–Crippen LogP) is 3.21. The first kappa shape index (κ1) is 11.5. The predicted molar refractivity (Wildman–Crippen MR) is 66.9 cm³/mol. The molecular formula is C14H21NO. The van der Waals surface area contributed by atoms with Gasteiger partial charge in [0.1, 0.15) is 11.4 Å². The number of hydrogen-bond acceptors (Lipinski definition) is 2. The molecule has 0 saturated heterocycles. The molecule has 0 fully saturated rings. The van der Waals surface area contributed by atoms with Crippen molar-refractivity contribution >= 4 is 0 Å². The second kappa shape index (κ2) is 4.10. The molecule has 1 N–H and O–H groups in total. The van der Waals surface area contributed by atoms with Gasteiger partial charge in [-0.15, -0.1) is 0 Å². The summed E-state index contributed by atoms with van der Waals surface area (Å²) in [7, 11) is 0. The zero-order valence-corrected chi connectivity index (χ0v) is 10.6. The first-order valence-corrected chi connectivity index (χ1v) is 6.05. The number of hydrogen-bond donors (Lipinski definition) is 1. The summed E-state index contributed by atoms with van der Waals surface area (Å²) in [6.45, 7) is 9.56. The smallest absolute Gasteiger partial charge is 0.125 e. The summed E-state index contributed by atoms with van der Waals surface area (Å²) >= 11 is 0. The van der Waals surface area contributed by atoms with Crippen molar-refractivity contribution in [3.63, 3.8) is 0 Å². The fraction of sp³-hybridized carbons (Fsp3) is 0.571. The third-order valence-corrected chi connectivity index (χ3v) is 3.08. The average molecular weight is 219 g/mol. The van der Waals surface area contributed by atoms with E-state index in [0.29, 0.717) is 6.04 Å². The minimum absolute atomic E-state index is 0.0758. The summed E-state index contributed by atoms with van der Waals surface area (Å²) in [6.07, 6.45) is 1.02. The van der Waals surface area contributed by atoms with Crippen molar-refractivity contribution in [2.75, 3.05) is 6.54 Å². The zero-order valence-electron chi connectivity index (χ0n) is 10.6. The Morgan fingerprint density at radius 2 is 2.19 bits per heavy atom. The van der Waals surface area contributed by atoms with Crippen LogP contribution < -0.4 is 10.1 Å². The highest BCUT2D eigenvalue weighted by Gasteiger charge is 2.33. The highest BCUT2D eigenvalue weighted by Crippen LogP contribution is 2.39. The molecule has 1 heterocycles. The number of ether oxygens (including phenoxy) is 1. The fourth-order valence-electron chi connectivity index (χ4n) is 2.39. The molecule has 0 spiro atoms. The minimum Gasteiger partial charge on any atom is -0.487 e. The van der Waals surface area contributed by atoms with Crippen LogP contribution in [0.4, 0.5) is 0 Å². The monoisotopic (exact) mass is 219 g/mol. The molecule has 2 rings (SSSR count). The molecule has 2 heteroatoms. The van der Waals surface area contributed by atoms with Crippen molar-refractivity contribution in [3.8, 4) is 5.75 Å². The van der Waals surface area contributed by atoms with Crippen molar-refractivity contribution in [1.29, 1.82) is 0 Å². The normalized spacial score (nSPS) is 22.4. The molecule has 0 aromatic heterocycles. The molecule has 1 aliphatic heterocycles. The number of rotatable bonds is 2. The van der Waals surface area contributed by atoms with E-state index in [9.17, 15) is 0 Å². The van der Waals surface area contributed by atoms with Crippen LogP contribution in [0.2, 0.25) is 0 Å². The Bertz CT molecular complexity index is 384. The molecule has 0 saturated carbocycles. The van der Waals surface area contributed by atoms with Gasteiger partial charge in [-0.2, -0.15) is 0 Å². The van der Waals surface area contributed by atoms with Crippen LogP contribution in [0.1, 0.15) is 44.4 Å². The van der Waals surface area contributed by atoms with Crippen molar-refractivity contribution in [3.05, 3.63) is 29.3 Å². The van der Waals surface area contributed by atoms with Gasteiger partial charge in [0, 0.05) is 18.0 Å². The summed E-state index contributed by atoms with van der Waals surface area (Å²) < 4.78 is 6.04. The van der Waals surface area contributed by atoms with Gasteiger partial charge in [0.2, 0.25) is 0 Å². The highest BCUT2D eigenvalue weighted by atomic mass is 16.5. The molecule has 1 aromatic rings. The topological polar surface area (TPSA) is 21.3 Å².